The first kappa shape index (κ1) is 11.0. The number of pyridine rings is 1. The molecule has 0 bridgehead atoms. The van der Waals surface area contributed by atoms with Gasteiger partial charge < -0.3 is 10.8 Å². The Bertz CT molecular complexity index is 368. The summed E-state index contributed by atoms with van der Waals surface area (Å²) in [4.78, 5) is 3.93. The van der Waals surface area contributed by atoms with E-state index in [4.69, 9.17) is 10.8 Å². The van der Waals surface area contributed by atoms with Crippen LogP contribution in [0.1, 0.15) is 17.5 Å². The highest BCUT2D eigenvalue weighted by atomic mass is 79.9. The van der Waals surface area contributed by atoms with Gasteiger partial charge in [-0.2, -0.15) is 0 Å². The first-order valence-electron chi connectivity index (χ1n) is 4.18. The third-order valence-electron chi connectivity index (χ3n) is 1.62. The Morgan fingerprint density at radius 3 is 3.00 bits per heavy atom. The molecule has 0 aliphatic carbocycles. The summed E-state index contributed by atoms with van der Waals surface area (Å²) in [6.07, 6.45) is 2.40. The van der Waals surface area contributed by atoms with Gasteiger partial charge in [-0.05, 0) is 6.07 Å². The van der Waals surface area contributed by atoms with Gasteiger partial charge in [0.05, 0.1) is 6.61 Å². The van der Waals surface area contributed by atoms with Gasteiger partial charge in [-0.25, -0.2) is 4.98 Å². The maximum atomic E-state index is 8.94. The van der Waals surface area contributed by atoms with Gasteiger partial charge in [-0.15, -0.1) is 0 Å². The first-order valence-corrected chi connectivity index (χ1v) is 5.30. The first-order chi connectivity index (χ1) is 6.77. The number of nitrogens with two attached hydrogens (primary N) is 1. The van der Waals surface area contributed by atoms with Gasteiger partial charge >= 0.3 is 0 Å². The molecule has 0 spiro atoms. The lowest BCUT2D eigenvalue weighted by atomic mass is 10.2. The van der Waals surface area contributed by atoms with Crippen LogP contribution < -0.4 is 5.73 Å². The summed E-state index contributed by atoms with van der Waals surface area (Å²) in [5.41, 5.74) is 6.93. The van der Waals surface area contributed by atoms with E-state index in [0.29, 0.717) is 11.4 Å². The van der Waals surface area contributed by atoms with Gasteiger partial charge in [-0.3, -0.25) is 0 Å². The predicted octanol–water partition coefficient (Wildman–Crippen LogP) is 1.29. The SMILES string of the molecule is Nc1ncc(C#CCCBr)cc1CO. The maximum Gasteiger partial charge on any atom is 0.128 e. The van der Waals surface area contributed by atoms with Crippen LogP contribution in [0.5, 0.6) is 0 Å². The second-order valence-corrected chi connectivity index (χ2v) is 3.46. The lowest BCUT2D eigenvalue weighted by Crippen LogP contribution is -1.98. The fourth-order valence-corrected chi connectivity index (χ4v) is 1.13. The molecular formula is C10H11BrN2O. The number of anilines is 1. The minimum Gasteiger partial charge on any atom is -0.392 e. The van der Waals surface area contributed by atoms with E-state index >= 15 is 0 Å². The molecule has 1 aromatic rings. The van der Waals surface area contributed by atoms with Crippen molar-refractivity contribution >= 4 is 21.7 Å². The van der Waals surface area contributed by atoms with Crippen molar-refractivity contribution in [1.82, 2.24) is 4.98 Å². The molecular weight excluding hydrogens is 244 g/mol. The summed E-state index contributed by atoms with van der Waals surface area (Å²) < 4.78 is 0. The molecule has 14 heavy (non-hydrogen) atoms. The second kappa shape index (κ2) is 5.63. The molecule has 0 saturated heterocycles. The summed E-state index contributed by atoms with van der Waals surface area (Å²) in [6, 6.07) is 1.75. The molecule has 0 unspecified atom stereocenters. The molecule has 1 rings (SSSR count). The molecule has 0 amide bonds. The number of aliphatic hydroxyl groups is 1. The Morgan fingerprint density at radius 2 is 2.36 bits per heavy atom. The largest absolute Gasteiger partial charge is 0.392 e. The number of rotatable bonds is 2. The van der Waals surface area contributed by atoms with Crippen LogP contribution in [0.15, 0.2) is 12.3 Å². The molecule has 1 heterocycles. The average molecular weight is 255 g/mol. The number of hydrogen-bond acceptors (Lipinski definition) is 3. The number of alkyl halides is 1. The monoisotopic (exact) mass is 254 g/mol. The fourth-order valence-electron chi connectivity index (χ4n) is 0.928. The number of aliphatic hydroxyl groups excluding tert-OH is 1. The van der Waals surface area contributed by atoms with Crippen LogP contribution in [0.2, 0.25) is 0 Å². The summed E-state index contributed by atoms with van der Waals surface area (Å²) in [7, 11) is 0. The Labute approximate surface area is 91.5 Å². The van der Waals surface area contributed by atoms with E-state index < -0.39 is 0 Å². The normalized spacial score (nSPS) is 9.29. The molecule has 74 valence electrons. The van der Waals surface area contributed by atoms with Crippen LogP contribution in [0.3, 0.4) is 0 Å². The molecule has 0 radical (unpaired) electrons. The Kier molecular flexibility index (Phi) is 4.44. The fraction of sp³-hybridized carbons (Fsp3) is 0.300. The van der Waals surface area contributed by atoms with E-state index in [1.165, 1.54) is 0 Å². The van der Waals surface area contributed by atoms with E-state index in [1.54, 1.807) is 12.3 Å². The van der Waals surface area contributed by atoms with Crippen molar-refractivity contribution in [1.29, 1.82) is 0 Å². The van der Waals surface area contributed by atoms with Gasteiger partial charge in [0.2, 0.25) is 0 Å². The maximum absolute atomic E-state index is 8.94. The predicted molar refractivity (Wildman–Crippen MR) is 59.9 cm³/mol. The van der Waals surface area contributed by atoms with Crippen LogP contribution >= 0.6 is 15.9 Å². The molecule has 4 heteroatoms. The van der Waals surface area contributed by atoms with E-state index in [-0.39, 0.29) is 6.61 Å². The number of nitrogen functional groups attached to an aromatic ring is 1. The zero-order valence-electron chi connectivity index (χ0n) is 7.63. The standard InChI is InChI=1S/C10H11BrN2O/c11-4-2-1-3-8-5-9(7-14)10(12)13-6-8/h5-6,14H,2,4,7H2,(H2,12,13). The van der Waals surface area contributed by atoms with Crippen molar-refractivity contribution < 1.29 is 5.11 Å². The number of halogens is 1. The summed E-state index contributed by atoms with van der Waals surface area (Å²) in [6.45, 7) is -0.104. The van der Waals surface area contributed by atoms with E-state index in [2.05, 4.69) is 32.8 Å². The number of aromatic nitrogens is 1. The lowest BCUT2D eigenvalue weighted by Gasteiger charge is -2.00. The Hall–Kier alpha value is -1.05. The Balaban J connectivity index is 2.86. The van der Waals surface area contributed by atoms with Crippen molar-refractivity contribution in [2.24, 2.45) is 0 Å². The molecule has 1 aromatic heterocycles. The van der Waals surface area contributed by atoms with Crippen molar-refractivity contribution in [2.45, 2.75) is 13.0 Å². The van der Waals surface area contributed by atoms with Crippen LogP contribution in [-0.4, -0.2) is 15.4 Å². The van der Waals surface area contributed by atoms with Gasteiger partial charge in [0, 0.05) is 29.1 Å². The second-order valence-electron chi connectivity index (χ2n) is 2.67. The number of hydrogen-bond donors (Lipinski definition) is 2. The highest BCUT2D eigenvalue weighted by Crippen LogP contribution is 2.09. The highest BCUT2D eigenvalue weighted by molar-refractivity contribution is 9.09. The smallest absolute Gasteiger partial charge is 0.128 e. The molecule has 3 N–H and O–H groups in total. The van der Waals surface area contributed by atoms with E-state index in [1.807, 2.05) is 0 Å². The van der Waals surface area contributed by atoms with Gasteiger partial charge in [0.15, 0.2) is 0 Å². The molecule has 3 nitrogen and oxygen atoms in total. The minimum atomic E-state index is -0.104. The minimum absolute atomic E-state index is 0.104. The van der Waals surface area contributed by atoms with Gasteiger partial charge in [-0.1, -0.05) is 27.8 Å². The molecule has 0 fully saturated rings. The third kappa shape index (κ3) is 3.02. The van der Waals surface area contributed by atoms with Crippen LogP contribution in [0.25, 0.3) is 0 Å². The average Bonchev–Trinajstić information content (AvgIpc) is 2.21. The topological polar surface area (TPSA) is 59.1 Å². The quantitative estimate of drug-likeness (QED) is 0.618. The molecule has 0 aliphatic heterocycles. The molecule has 0 aliphatic rings. The van der Waals surface area contributed by atoms with Crippen LogP contribution in [0.4, 0.5) is 5.82 Å². The highest BCUT2D eigenvalue weighted by Gasteiger charge is 1.98. The van der Waals surface area contributed by atoms with E-state index in [9.17, 15) is 0 Å². The summed E-state index contributed by atoms with van der Waals surface area (Å²) in [5.74, 6) is 6.26. The van der Waals surface area contributed by atoms with Gasteiger partial charge in [0.1, 0.15) is 5.82 Å². The van der Waals surface area contributed by atoms with Crippen molar-refractivity contribution in [2.75, 3.05) is 11.1 Å². The molecule has 0 aromatic carbocycles. The van der Waals surface area contributed by atoms with Crippen molar-refractivity contribution in [3.63, 3.8) is 0 Å². The third-order valence-corrected chi connectivity index (χ3v) is 2.02. The lowest BCUT2D eigenvalue weighted by molar-refractivity contribution is 0.282. The van der Waals surface area contributed by atoms with Crippen LogP contribution in [-0.2, 0) is 6.61 Å². The Morgan fingerprint density at radius 1 is 1.57 bits per heavy atom. The molecule has 0 saturated carbocycles. The van der Waals surface area contributed by atoms with Gasteiger partial charge in [0.25, 0.3) is 0 Å². The summed E-state index contributed by atoms with van der Waals surface area (Å²) in [5, 5.41) is 9.80. The van der Waals surface area contributed by atoms with E-state index in [0.717, 1.165) is 17.3 Å². The zero-order valence-corrected chi connectivity index (χ0v) is 9.21. The summed E-state index contributed by atoms with van der Waals surface area (Å²) >= 11 is 3.28. The number of nitrogens with zero attached hydrogens (tertiary/aromatic N) is 1. The molecule has 0 atom stereocenters. The zero-order chi connectivity index (χ0) is 10.4. The van der Waals surface area contributed by atoms with Crippen molar-refractivity contribution in [3.8, 4) is 11.8 Å². The van der Waals surface area contributed by atoms with Crippen molar-refractivity contribution in [3.05, 3.63) is 23.4 Å². The van der Waals surface area contributed by atoms with Crippen LogP contribution in [0, 0.1) is 11.8 Å².